The Morgan fingerprint density at radius 1 is 1.15 bits per heavy atom. The molecule has 1 heterocycles. The Morgan fingerprint density at radius 3 is 2.48 bits per heavy atom. The highest BCUT2D eigenvalue weighted by Gasteiger charge is 2.29. The van der Waals surface area contributed by atoms with E-state index < -0.39 is 0 Å². The number of aliphatic imine (C=N–C) groups is 1. The zero-order valence-electron chi connectivity index (χ0n) is 16.4. The lowest BCUT2D eigenvalue weighted by Crippen LogP contribution is -2.48. The van der Waals surface area contributed by atoms with Crippen molar-refractivity contribution in [2.24, 2.45) is 10.7 Å². The molecule has 1 aliphatic heterocycles. The third kappa shape index (κ3) is 5.08. The van der Waals surface area contributed by atoms with E-state index in [1.54, 1.807) is 0 Å². The Balaban J connectivity index is 1.81. The van der Waals surface area contributed by atoms with Gasteiger partial charge in [0.2, 0.25) is 0 Å². The van der Waals surface area contributed by atoms with Crippen LogP contribution in [0.15, 0.2) is 59.6 Å². The van der Waals surface area contributed by atoms with Crippen LogP contribution in [0.3, 0.4) is 0 Å². The topological polar surface area (TPSA) is 62.9 Å². The molecule has 27 heavy (non-hydrogen) atoms. The number of hydrogen-bond donors (Lipinski definition) is 2. The summed E-state index contributed by atoms with van der Waals surface area (Å²) in [5.41, 5.74) is 8.23. The number of ether oxygens (including phenoxy) is 1. The number of amidine groups is 1. The van der Waals surface area contributed by atoms with Gasteiger partial charge in [-0.1, -0.05) is 30.3 Å². The van der Waals surface area contributed by atoms with Crippen molar-refractivity contribution in [3.8, 4) is 5.75 Å². The number of rotatable bonds is 8. The van der Waals surface area contributed by atoms with Gasteiger partial charge in [0.25, 0.3) is 0 Å². The van der Waals surface area contributed by atoms with Gasteiger partial charge < -0.3 is 15.4 Å². The Morgan fingerprint density at radius 2 is 1.85 bits per heavy atom. The van der Waals surface area contributed by atoms with E-state index in [4.69, 9.17) is 15.5 Å². The molecule has 0 aromatic heterocycles. The molecule has 1 aliphatic rings. The average molecular weight is 367 g/mol. The third-order valence-electron chi connectivity index (χ3n) is 4.55. The maximum Gasteiger partial charge on any atom is 0.121 e. The van der Waals surface area contributed by atoms with Crippen LogP contribution in [0.2, 0.25) is 0 Å². The first-order chi connectivity index (χ1) is 13.1. The lowest BCUT2D eigenvalue weighted by atomic mass is 10.0. The zero-order valence-corrected chi connectivity index (χ0v) is 16.4. The lowest BCUT2D eigenvalue weighted by Gasteiger charge is -2.27. The van der Waals surface area contributed by atoms with E-state index in [2.05, 4.69) is 53.5 Å². The minimum Gasteiger partial charge on any atom is -0.491 e. The number of nitrogens with zero attached hydrogens (tertiary/aromatic N) is 2. The second kappa shape index (κ2) is 9.02. The quantitative estimate of drug-likeness (QED) is 0.704. The number of benzene rings is 2. The minimum atomic E-state index is 0.0777. The number of nitrogens with one attached hydrogen (secondary N) is 1. The number of anilines is 1. The van der Waals surface area contributed by atoms with Crippen LogP contribution >= 0.6 is 0 Å². The van der Waals surface area contributed by atoms with Crippen LogP contribution < -0.4 is 20.7 Å². The molecular formula is C22H30N4O. The summed E-state index contributed by atoms with van der Waals surface area (Å²) in [6.45, 7) is 7.51. The fraction of sp³-hybridized carbons (Fsp3) is 0.409. The van der Waals surface area contributed by atoms with Crippen molar-refractivity contribution in [1.29, 1.82) is 0 Å². The predicted octanol–water partition coefficient (Wildman–Crippen LogP) is 3.20. The highest BCUT2D eigenvalue weighted by Crippen LogP contribution is 2.25. The summed E-state index contributed by atoms with van der Waals surface area (Å²) < 4.78 is 5.77. The molecule has 0 spiro atoms. The van der Waals surface area contributed by atoms with Gasteiger partial charge in [0.05, 0.1) is 18.2 Å². The number of hydrogen-bond acceptors (Lipinski definition) is 5. The molecule has 0 aliphatic carbocycles. The van der Waals surface area contributed by atoms with Crippen LogP contribution in [0.25, 0.3) is 0 Å². The molecule has 3 rings (SSSR count). The van der Waals surface area contributed by atoms with Gasteiger partial charge >= 0.3 is 0 Å². The summed E-state index contributed by atoms with van der Waals surface area (Å²) in [6, 6.07) is 19.1. The van der Waals surface area contributed by atoms with Crippen molar-refractivity contribution in [3.63, 3.8) is 0 Å². The highest BCUT2D eigenvalue weighted by molar-refractivity contribution is 6.03. The molecular weight excluding hydrogens is 336 g/mol. The molecule has 2 aromatic rings. The summed E-state index contributed by atoms with van der Waals surface area (Å²) in [4.78, 5) is 7.22. The van der Waals surface area contributed by atoms with E-state index in [9.17, 15) is 0 Å². The van der Waals surface area contributed by atoms with Crippen molar-refractivity contribution in [1.82, 2.24) is 5.32 Å². The van der Waals surface area contributed by atoms with Crippen LogP contribution in [0.4, 0.5) is 5.69 Å². The molecule has 2 aromatic carbocycles. The Hall–Kier alpha value is -2.37. The molecule has 144 valence electrons. The van der Waals surface area contributed by atoms with Crippen LogP contribution in [0.1, 0.15) is 26.3 Å². The van der Waals surface area contributed by atoms with Crippen LogP contribution in [-0.4, -0.2) is 37.2 Å². The normalized spacial score (nSPS) is 17.9. The Bertz CT molecular complexity index is 743. The van der Waals surface area contributed by atoms with Gasteiger partial charge in [0.15, 0.2) is 0 Å². The van der Waals surface area contributed by atoms with Gasteiger partial charge in [-0.3, -0.25) is 10.3 Å². The molecule has 1 unspecified atom stereocenters. The second-order valence-corrected chi connectivity index (χ2v) is 7.26. The fourth-order valence-electron chi connectivity index (χ4n) is 3.43. The Kier molecular flexibility index (Phi) is 6.48. The second-order valence-electron chi connectivity index (χ2n) is 7.26. The maximum absolute atomic E-state index is 5.83. The van der Waals surface area contributed by atoms with Gasteiger partial charge in [-0.25, -0.2) is 0 Å². The SMILES string of the molecule is CC1CN(c2ccc(OC(C)C)cc2)C([C@H](Cc2ccccc2)NCN)=N1. The molecule has 2 atom stereocenters. The molecule has 3 N–H and O–H groups in total. The minimum absolute atomic E-state index is 0.0777. The van der Waals surface area contributed by atoms with E-state index in [-0.39, 0.29) is 18.2 Å². The highest BCUT2D eigenvalue weighted by atomic mass is 16.5. The molecule has 5 heteroatoms. The van der Waals surface area contributed by atoms with Gasteiger partial charge in [0.1, 0.15) is 11.6 Å². The van der Waals surface area contributed by atoms with Crippen LogP contribution in [-0.2, 0) is 6.42 Å². The lowest BCUT2D eigenvalue weighted by molar-refractivity contribution is 0.242. The Labute approximate surface area is 162 Å². The molecule has 0 radical (unpaired) electrons. The average Bonchev–Trinajstić information content (AvgIpc) is 3.04. The molecule has 0 fully saturated rings. The van der Waals surface area contributed by atoms with Gasteiger partial charge in [0, 0.05) is 18.9 Å². The van der Waals surface area contributed by atoms with Crippen molar-refractivity contribution in [2.45, 2.75) is 45.4 Å². The molecule has 0 amide bonds. The van der Waals surface area contributed by atoms with Crippen molar-refractivity contribution in [3.05, 3.63) is 60.2 Å². The summed E-state index contributed by atoms with van der Waals surface area (Å²) in [7, 11) is 0. The van der Waals surface area contributed by atoms with Gasteiger partial charge in [-0.15, -0.1) is 0 Å². The van der Waals surface area contributed by atoms with E-state index in [0.717, 1.165) is 30.2 Å². The zero-order chi connectivity index (χ0) is 19.2. The van der Waals surface area contributed by atoms with Crippen molar-refractivity contribution >= 4 is 11.5 Å². The summed E-state index contributed by atoms with van der Waals surface area (Å²) in [5, 5.41) is 3.41. The molecule has 0 saturated heterocycles. The van der Waals surface area contributed by atoms with Gasteiger partial charge in [-0.05, 0) is 57.0 Å². The number of nitrogens with two attached hydrogens (primary N) is 1. The molecule has 0 saturated carbocycles. The third-order valence-corrected chi connectivity index (χ3v) is 4.55. The van der Waals surface area contributed by atoms with Crippen LogP contribution in [0, 0.1) is 0 Å². The predicted molar refractivity (Wildman–Crippen MR) is 113 cm³/mol. The first-order valence-corrected chi connectivity index (χ1v) is 9.66. The smallest absolute Gasteiger partial charge is 0.121 e. The first kappa shape index (κ1) is 19.4. The van der Waals surface area contributed by atoms with Crippen molar-refractivity contribution in [2.75, 3.05) is 18.1 Å². The van der Waals surface area contributed by atoms with E-state index in [0.29, 0.717) is 6.67 Å². The first-order valence-electron chi connectivity index (χ1n) is 9.66. The van der Waals surface area contributed by atoms with Crippen LogP contribution in [0.5, 0.6) is 5.75 Å². The maximum atomic E-state index is 5.83. The van der Waals surface area contributed by atoms with E-state index in [1.807, 2.05) is 32.0 Å². The van der Waals surface area contributed by atoms with Crippen molar-refractivity contribution < 1.29 is 4.74 Å². The van der Waals surface area contributed by atoms with Gasteiger partial charge in [-0.2, -0.15) is 0 Å². The summed E-state index contributed by atoms with van der Waals surface area (Å²) in [6.07, 6.45) is 1.03. The molecule has 0 bridgehead atoms. The largest absolute Gasteiger partial charge is 0.491 e. The summed E-state index contributed by atoms with van der Waals surface area (Å²) in [5.74, 6) is 1.94. The summed E-state index contributed by atoms with van der Waals surface area (Å²) >= 11 is 0. The monoisotopic (exact) mass is 366 g/mol. The fourth-order valence-corrected chi connectivity index (χ4v) is 3.43. The van der Waals surface area contributed by atoms with E-state index >= 15 is 0 Å². The standard InChI is InChI=1S/C22H30N4O/c1-16(2)27-20-11-9-19(10-12-20)26-14-17(3)25-22(26)21(24-15-23)13-18-7-5-4-6-8-18/h4-12,16-17,21,24H,13-15,23H2,1-3H3/t17?,21-/m0/s1. The van der Waals surface area contributed by atoms with E-state index in [1.165, 1.54) is 5.56 Å². The molecule has 5 nitrogen and oxygen atoms in total.